The molecule has 2 nitrogen and oxygen atoms in total. The molecule has 0 bridgehead atoms. The third kappa shape index (κ3) is 1.79. The minimum Gasteiger partial charge on any atom is -0.361 e. The lowest BCUT2D eigenvalue weighted by Crippen LogP contribution is -2.40. The van der Waals surface area contributed by atoms with Crippen molar-refractivity contribution in [2.24, 2.45) is 0 Å². The zero-order valence-electron chi connectivity index (χ0n) is 8.15. The molecule has 1 atom stereocenters. The number of aldehydes is 1. The molecular formula is C12H14NO. The molecule has 1 aliphatic heterocycles. The zero-order chi connectivity index (χ0) is 9.80. The highest BCUT2D eigenvalue weighted by Crippen LogP contribution is 2.22. The Hall–Kier alpha value is -1.31. The first-order valence-electron chi connectivity index (χ1n) is 5.10. The van der Waals surface area contributed by atoms with E-state index in [1.807, 2.05) is 24.3 Å². The number of benzene rings is 1. The van der Waals surface area contributed by atoms with E-state index in [2.05, 4.69) is 11.0 Å². The van der Waals surface area contributed by atoms with Crippen LogP contribution in [0.2, 0.25) is 0 Å². The van der Waals surface area contributed by atoms with Gasteiger partial charge >= 0.3 is 0 Å². The van der Waals surface area contributed by atoms with Crippen LogP contribution < -0.4 is 4.90 Å². The molecule has 0 spiro atoms. The van der Waals surface area contributed by atoms with Gasteiger partial charge in [0.2, 0.25) is 0 Å². The molecule has 2 heteroatoms. The summed E-state index contributed by atoms with van der Waals surface area (Å²) in [4.78, 5) is 13.0. The normalized spacial score (nSPS) is 22.0. The van der Waals surface area contributed by atoms with Gasteiger partial charge in [-0.25, -0.2) is 0 Å². The molecule has 1 aromatic rings. The molecule has 1 fully saturated rings. The number of nitrogens with zero attached hydrogens (tertiary/aromatic N) is 1. The molecule has 14 heavy (non-hydrogen) atoms. The Kier molecular flexibility index (Phi) is 2.82. The minimum absolute atomic E-state index is 0.0578. The van der Waals surface area contributed by atoms with Crippen LogP contribution in [0.1, 0.15) is 19.3 Å². The zero-order valence-corrected chi connectivity index (χ0v) is 8.15. The van der Waals surface area contributed by atoms with Gasteiger partial charge in [0.05, 0.1) is 6.04 Å². The summed E-state index contributed by atoms with van der Waals surface area (Å²) in [6.07, 6.45) is 4.37. The molecule has 0 amide bonds. The molecule has 1 radical (unpaired) electrons. The van der Waals surface area contributed by atoms with Gasteiger partial charge in [-0.15, -0.1) is 0 Å². The van der Waals surface area contributed by atoms with Gasteiger partial charge < -0.3 is 9.69 Å². The smallest absolute Gasteiger partial charge is 0.142 e. The second kappa shape index (κ2) is 4.27. The Morgan fingerprint density at radius 3 is 3.07 bits per heavy atom. The summed E-state index contributed by atoms with van der Waals surface area (Å²) in [7, 11) is 0. The predicted octanol–water partition coefficient (Wildman–Crippen LogP) is 2.04. The lowest BCUT2D eigenvalue weighted by Gasteiger charge is -2.34. The summed E-state index contributed by atoms with van der Waals surface area (Å²) in [5, 5.41) is 0. The molecule has 0 N–H and O–H groups in total. The van der Waals surface area contributed by atoms with Crippen molar-refractivity contribution in [1.29, 1.82) is 0 Å². The number of anilines is 1. The highest BCUT2D eigenvalue weighted by atomic mass is 16.1. The summed E-state index contributed by atoms with van der Waals surface area (Å²) < 4.78 is 0. The van der Waals surface area contributed by atoms with Gasteiger partial charge in [0.25, 0.3) is 0 Å². The number of para-hydroxylation sites is 1. The van der Waals surface area contributed by atoms with Crippen LogP contribution in [0.15, 0.2) is 24.3 Å². The molecule has 73 valence electrons. The number of hydrogen-bond donors (Lipinski definition) is 0. The van der Waals surface area contributed by atoms with Crippen LogP contribution in [0.5, 0.6) is 0 Å². The van der Waals surface area contributed by atoms with Crippen LogP contribution in [-0.4, -0.2) is 18.9 Å². The van der Waals surface area contributed by atoms with Crippen molar-refractivity contribution in [3.8, 4) is 0 Å². The third-order valence-electron chi connectivity index (χ3n) is 2.71. The second-order valence-corrected chi connectivity index (χ2v) is 3.64. The summed E-state index contributed by atoms with van der Waals surface area (Å²) >= 11 is 0. The lowest BCUT2D eigenvalue weighted by molar-refractivity contribution is -0.109. The second-order valence-electron chi connectivity index (χ2n) is 3.64. The standard InChI is InChI=1S/C12H14NO/c14-10-12-8-4-5-9-13(12)11-6-2-1-3-7-11/h1-3,6,10,12H,4-5,8-9H2. The Morgan fingerprint density at radius 2 is 2.36 bits per heavy atom. The number of carbonyl (C=O) groups is 1. The van der Waals surface area contributed by atoms with Crippen LogP contribution in [0.4, 0.5) is 5.69 Å². The van der Waals surface area contributed by atoms with Crippen molar-refractivity contribution in [3.05, 3.63) is 30.3 Å². The summed E-state index contributed by atoms with van der Waals surface area (Å²) in [5.74, 6) is 0. The molecule has 0 aliphatic carbocycles. The minimum atomic E-state index is 0.0578. The van der Waals surface area contributed by atoms with Crippen molar-refractivity contribution >= 4 is 12.0 Å². The van der Waals surface area contributed by atoms with E-state index in [4.69, 9.17) is 0 Å². The molecule has 1 aromatic carbocycles. The average molecular weight is 188 g/mol. The maximum Gasteiger partial charge on any atom is 0.142 e. The van der Waals surface area contributed by atoms with Gasteiger partial charge in [0.15, 0.2) is 0 Å². The van der Waals surface area contributed by atoms with Crippen LogP contribution in [0.25, 0.3) is 0 Å². The largest absolute Gasteiger partial charge is 0.361 e. The Labute approximate surface area is 84.5 Å². The fraction of sp³-hybridized carbons (Fsp3) is 0.417. The third-order valence-corrected chi connectivity index (χ3v) is 2.71. The number of carbonyl (C=O) groups excluding carboxylic acids is 1. The van der Waals surface area contributed by atoms with Crippen LogP contribution in [0, 0.1) is 6.07 Å². The van der Waals surface area contributed by atoms with Crippen molar-refractivity contribution < 1.29 is 4.79 Å². The molecule has 2 rings (SSSR count). The fourth-order valence-electron chi connectivity index (χ4n) is 1.96. The van der Waals surface area contributed by atoms with Crippen LogP contribution >= 0.6 is 0 Å². The van der Waals surface area contributed by atoms with Gasteiger partial charge in [-0.1, -0.05) is 18.2 Å². The van der Waals surface area contributed by atoms with E-state index >= 15 is 0 Å². The van der Waals surface area contributed by atoms with Crippen LogP contribution in [-0.2, 0) is 4.79 Å². The van der Waals surface area contributed by atoms with Gasteiger partial charge in [-0.3, -0.25) is 0 Å². The van der Waals surface area contributed by atoms with Crippen molar-refractivity contribution in [3.63, 3.8) is 0 Å². The summed E-state index contributed by atoms with van der Waals surface area (Å²) in [6, 6.07) is 11.1. The van der Waals surface area contributed by atoms with E-state index in [-0.39, 0.29) is 6.04 Å². The molecule has 1 unspecified atom stereocenters. The highest BCUT2D eigenvalue weighted by Gasteiger charge is 2.21. The molecule has 1 aliphatic rings. The van der Waals surface area contributed by atoms with Gasteiger partial charge in [-0.2, -0.15) is 0 Å². The van der Waals surface area contributed by atoms with Crippen LogP contribution in [0.3, 0.4) is 0 Å². The molecule has 0 aromatic heterocycles. The van der Waals surface area contributed by atoms with E-state index in [1.54, 1.807) is 0 Å². The van der Waals surface area contributed by atoms with E-state index in [1.165, 1.54) is 6.42 Å². The van der Waals surface area contributed by atoms with E-state index in [0.717, 1.165) is 31.4 Å². The SMILES string of the molecule is O=CC1CCCCN1c1[c]cccc1. The Bertz CT molecular complexity index is 296. The predicted molar refractivity (Wildman–Crippen MR) is 56.3 cm³/mol. The first-order chi connectivity index (χ1) is 6.92. The number of piperidine rings is 1. The van der Waals surface area contributed by atoms with Crippen molar-refractivity contribution in [2.45, 2.75) is 25.3 Å². The van der Waals surface area contributed by atoms with Crippen molar-refractivity contribution in [1.82, 2.24) is 0 Å². The van der Waals surface area contributed by atoms with Crippen molar-refractivity contribution in [2.75, 3.05) is 11.4 Å². The summed E-state index contributed by atoms with van der Waals surface area (Å²) in [6.45, 7) is 0.976. The van der Waals surface area contributed by atoms with E-state index in [0.29, 0.717) is 0 Å². The number of hydrogen-bond acceptors (Lipinski definition) is 2. The van der Waals surface area contributed by atoms with Gasteiger partial charge in [0.1, 0.15) is 6.29 Å². The number of rotatable bonds is 2. The average Bonchev–Trinajstić information content (AvgIpc) is 2.30. The quantitative estimate of drug-likeness (QED) is 0.662. The maximum absolute atomic E-state index is 10.9. The maximum atomic E-state index is 10.9. The Balaban J connectivity index is 2.19. The van der Waals surface area contributed by atoms with E-state index < -0.39 is 0 Å². The topological polar surface area (TPSA) is 20.3 Å². The lowest BCUT2D eigenvalue weighted by atomic mass is 10.0. The Morgan fingerprint density at radius 1 is 1.43 bits per heavy atom. The highest BCUT2D eigenvalue weighted by molar-refractivity contribution is 5.66. The monoisotopic (exact) mass is 188 g/mol. The molecule has 0 saturated carbocycles. The van der Waals surface area contributed by atoms with Gasteiger partial charge in [0, 0.05) is 18.3 Å². The van der Waals surface area contributed by atoms with Gasteiger partial charge in [-0.05, 0) is 25.3 Å². The molecule has 1 heterocycles. The summed E-state index contributed by atoms with van der Waals surface area (Å²) in [5.41, 5.74) is 1.05. The first kappa shape index (κ1) is 9.25. The first-order valence-corrected chi connectivity index (χ1v) is 5.10. The van der Waals surface area contributed by atoms with E-state index in [9.17, 15) is 4.79 Å². The molecule has 1 saturated heterocycles. The molecular weight excluding hydrogens is 174 g/mol. The fourth-order valence-corrected chi connectivity index (χ4v) is 1.96.